The van der Waals surface area contributed by atoms with E-state index < -0.39 is 0 Å². The summed E-state index contributed by atoms with van der Waals surface area (Å²) in [6.45, 7) is 9.71. The number of anilines is 1. The lowest BCUT2D eigenvalue weighted by atomic mass is 9.97. The van der Waals surface area contributed by atoms with Gasteiger partial charge in [0.2, 0.25) is 5.91 Å². The van der Waals surface area contributed by atoms with E-state index >= 15 is 0 Å². The number of nitrogens with zero attached hydrogens (tertiary/aromatic N) is 2. The van der Waals surface area contributed by atoms with Gasteiger partial charge in [-0.3, -0.25) is 9.69 Å². The van der Waals surface area contributed by atoms with Crippen LogP contribution in [0.3, 0.4) is 0 Å². The minimum Gasteiger partial charge on any atom is -0.369 e. The van der Waals surface area contributed by atoms with E-state index in [0.29, 0.717) is 0 Å². The highest BCUT2D eigenvalue weighted by atomic mass is 19.1. The predicted octanol–water partition coefficient (Wildman–Crippen LogP) is 3.28. The van der Waals surface area contributed by atoms with Gasteiger partial charge in [0.1, 0.15) is 5.82 Å². The number of nitrogens with one attached hydrogen (secondary N) is 1. The number of hydrogen-bond acceptors (Lipinski definition) is 3. The molecule has 0 aromatic heterocycles. The van der Waals surface area contributed by atoms with Crippen LogP contribution in [-0.4, -0.2) is 50.1 Å². The third kappa shape index (κ3) is 6.31. The number of benzene rings is 1. The zero-order valence-electron chi connectivity index (χ0n) is 15.6. The number of hydrogen-bond donors (Lipinski definition) is 1. The Hall–Kier alpha value is -1.62. The van der Waals surface area contributed by atoms with Gasteiger partial charge < -0.3 is 10.2 Å². The molecule has 2 rings (SSSR count). The third-order valence-electron chi connectivity index (χ3n) is 4.94. The van der Waals surface area contributed by atoms with Crippen molar-refractivity contribution in [3.63, 3.8) is 0 Å². The maximum absolute atomic E-state index is 13.0. The van der Waals surface area contributed by atoms with Crippen LogP contribution in [0.25, 0.3) is 0 Å². The van der Waals surface area contributed by atoms with Gasteiger partial charge in [-0.1, -0.05) is 26.7 Å². The fourth-order valence-corrected chi connectivity index (χ4v) is 3.47. The second kappa shape index (κ2) is 10.4. The summed E-state index contributed by atoms with van der Waals surface area (Å²) in [4.78, 5) is 16.9. The van der Waals surface area contributed by atoms with Gasteiger partial charge in [0.25, 0.3) is 0 Å². The number of halogens is 1. The first-order valence-corrected chi connectivity index (χ1v) is 9.64. The van der Waals surface area contributed by atoms with Crippen molar-refractivity contribution >= 4 is 11.6 Å². The highest BCUT2D eigenvalue weighted by Crippen LogP contribution is 2.17. The largest absolute Gasteiger partial charge is 0.369 e. The molecule has 0 atom stereocenters. The Kier molecular flexibility index (Phi) is 8.19. The molecule has 0 saturated carbocycles. The lowest BCUT2D eigenvalue weighted by Crippen LogP contribution is -2.48. The van der Waals surface area contributed by atoms with Crippen molar-refractivity contribution in [1.29, 1.82) is 0 Å². The summed E-state index contributed by atoms with van der Waals surface area (Å²) < 4.78 is 13.0. The fourth-order valence-electron chi connectivity index (χ4n) is 3.47. The van der Waals surface area contributed by atoms with Crippen LogP contribution >= 0.6 is 0 Å². The zero-order chi connectivity index (χ0) is 18.1. The minimum atomic E-state index is -0.192. The Balaban J connectivity index is 1.68. The lowest BCUT2D eigenvalue weighted by Gasteiger charge is -2.36. The molecule has 1 aliphatic heterocycles. The van der Waals surface area contributed by atoms with Crippen molar-refractivity contribution in [2.24, 2.45) is 5.92 Å². The molecule has 25 heavy (non-hydrogen) atoms. The van der Waals surface area contributed by atoms with E-state index in [1.807, 2.05) is 12.1 Å². The van der Waals surface area contributed by atoms with Gasteiger partial charge in [0.05, 0.1) is 0 Å². The molecule has 1 fully saturated rings. The molecule has 1 aromatic rings. The molecule has 140 valence electrons. The molecule has 1 aliphatic rings. The first-order chi connectivity index (χ1) is 12.1. The number of amides is 1. The van der Waals surface area contributed by atoms with Crippen LogP contribution in [0, 0.1) is 11.7 Å². The van der Waals surface area contributed by atoms with Crippen LogP contribution in [0.1, 0.15) is 39.5 Å². The van der Waals surface area contributed by atoms with Crippen LogP contribution in [0.2, 0.25) is 0 Å². The highest BCUT2D eigenvalue weighted by molar-refractivity contribution is 5.78. The molecule has 0 spiro atoms. The summed E-state index contributed by atoms with van der Waals surface area (Å²) in [6, 6.07) is 6.71. The van der Waals surface area contributed by atoms with Crippen molar-refractivity contribution in [2.75, 3.05) is 44.2 Å². The van der Waals surface area contributed by atoms with Crippen LogP contribution in [0.5, 0.6) is 0 Å². The first-order valence-electron chi connectivity index (χ1n) is 9.64. The normalized spacial score (nSPS) is 15.6. The average molecular weight is 349 g/mol. The molecule has 1 aromatic carbocycles. The van der Waals surface area contributed by atoms with E-state index in [1.54, 1.807) is 0 Å². The molecule has 0 radical (unpaired) electrons. The second-order valence-corrected chi connectivity index (χ2v) is 6.87. The Bertz CT molecular complexity index is 506. The van der Waals surface area contributed by atoms with Crippen molar-refractivity contribution in [2.45, 2.75) is 39.5 Å². The number of carbonyl (C=O) groups excluding carboxylic acids is 1. The summed E-state index contributed by atoms with van der Waals surface area (Å²) in [7, 11) is 0. The number of carbonyl (C=O) groups is 1. The zero-order valence-corrected chi connectivity index (χ0v) is 15.6. The number of piperazine rings is 1. The van der Waals surface area contributed by atoms with E-state index in [0.717, 1.165) is 70.6 Å². The number of rotatable bonds is 9. The maximum Gasteiger partial charge on any atom is 0.223 e. The van der Waals surface area contributed by atoms with E-state index in [1.165, 1.54) is 12.1 Å². The molecular formula is C20H32FN3O. The van der Waals surface area contributed by atoms with E-state index in [9.17, 15) is 9.18 Å². The van der Waals surface area contributed by atoms with Gasteiger partial charge >= 0.3 is 0 Å². The summed E-state index contributed by atoms with van der Waals surface area (Å²) in [5, 5.41) is 3.11. The molecule has 1 heterocycles. The topological polar surface area (TPSA) is 35.6 Å². The third-order valence-corrected chi connectivity index (χ3v) is 4.94. The van der Waals surface area contributed by atoms with Crippen LogP contribution in [0.15, 0.2) is 24.3 Å². The Labute approximate surface area is 151 Å². The molecule has 1 N–H and O–H groups in total. The molecule has 4 nitrogen and oxygen atoms in total. The van der Waals surface area contributed by atoms with Crippen molar-refractivity contribution < 1.29 is 9.18 Å². The van der Waals surface area contributed by atoms with Gasteiger partial charge in [0.15, 0.2) is 0 Å². The monoisotopic (exact) mass is 349 g/mol. The molecule has 1 saturated heterocycles. The van der Waals surface area contributed by atoms with Gasteiger partial charge in [-0.05, 0) is 37.1 Å². The molecule has 0 bridgehead atoms. The predicted molar refractivity (Wildman–Crippen MR) is 101 cm³/mol. The molecule has 5 heteroatoms. The Morgan fingerprint density at radius 1 is 1.08 bits per heavy atom. The van der Waals surface area contributed by atoms with Crippen LogP contribution in [-0.2, 0) is 4.79 Å². The SMILES string of the molecule is CCCC(CCC)C(=O)NCCN1CCN(c2ccc(F)cc2)CC1. The van der Waals surface area contributed by atoms with Crippen LogP contribution in [0.4, 0.5) is 10.1 Å². The Morgan fingerprint density at radius 2 is 1.68 bits per heavy atom. The Morgan fingerprint density at radius 3 is 2.24 bits per heavy atom. The fraction of sp³-hybridized carbons (Fsp3) is 0.650. The maximum atomic E-state index is 13.0. The molecule has 1 amide bonds. The quantitative estimate of drug-likeness (QED) is 0.743. The second-order valence-electron chi connectivity index (χ2n) is 6.87. The van der Waals surface area contributed by atoms with Crippen molar-refractivity contribution in [3.8, 4) is 0 Å². The van der Waals surface area contributed by atoms with Gasteiger partial charge in [-0.15, -0.1) is 0 Å². The van der Waals surface area contributed by atoms with Crippen LogP contribution < -0.4 is 10.2 Å². The molecular weight excluding hydrogens is 317 g/mol. The summed E-state index contributed by atoms with van der Waals surface area (Å²) in [5.74, 6) is 0.196. The van der Waals surface area contributed by atoms with E-state index in [2.05, 4.69) is 29.0 Å². The average Bonchev–Trinajstić information content (AvgIpc) is 2.63. The van der Waals surface area contributed by atoms with Crippen molar-refractivity contribution in [3.05, 3.63) is 30.1 Å². The summed E-state index contributed by atoms with van der Waals surface area (Å²) in [6.07, 6.45) is 4.08. The van der Waals surface area contributed by atoms with Gasteiger partial charge in [-0.25, -0.2) is 4.39 Å². The summed E-state index contributed by atoms with van der Waals surface area (Å²) >= 11 is 0. The first kappa shape index (κ1) is 19.7. The smallest absolute Gasteiger partial charge is 0.223 e. The van der Waals surface area contributed by atoms with Crippen molar-refractivity contribution in [1.82, 2.24) is 10.2 Å². The lowest BCUT2D eigenvalue weighted by molar-refractivity contribution is -0.125. The van der Waals surface area contributed by atoms with E-state index in [4.69, 9.17) is 0 Å². The summed E-state index contributed by atoms with van der Waals surface area (Å²) in [5.41, 5.74) is 1.08. The molecule has 0 unspecified atom stereocenters. The highest BCUT2D eigenvalue weighted by Gasteiger charge is 2.19. The van der Waals surface area contributed by atoms with Gasteiger partial charge in [0, 0.05) is 50.9 Å². The minimum absolute atomic E-state index is 0.172. The molecule has 0 aliphatic carbocycles. The van der Waals surface area contributed by atoms with E-state index in [-0.39, 0.29) is 17.6 Å². The standard InChI is InChI=1S/C20H32FN3O/c1-3-5-17(6-4-2)20(25)22-11-12-23-13-15-24(16-14-23)19-9-7-18(21)8-10-19/h7-10,17H,3-6,11-16H2,1-2H3,(H,22,25). The van der Waals surface area contributed by atoms with Gasteiger partial charge in [-0.2, -0.15) is 0 Å².